The van der Waals surface area contributed by atoms with Crippen molar-refractivity contribution in [3.05, 3.63) is 56.0 Å². The summed E-state index contributed by atoms with van der Waals surface area (Å²) in [5.41, 5.74) is 2.21. The van der Waals surface area contributed by atoms with E-state index in [1.165, 1.54) is 25.3 Å². The molecule has 1 aliphatic heterocycles. The summed E-state index contributed by atoms with van der Waals surface area (Å²) in [5, 5.41) is 9.46. The number of aromatic hydroxyl groups is 1. The lowest BCUT2D eigenvalue weighted by molar-refractivity contribution is 0.240. The first-order valence-electron chi connectivity index (χ1n) is 9.52. The number of phenols is 1. The van der Waals surface area contributed by atoms with Gasteiger partial charge in [-0.1, -0.05) is 30.9 Å². The number of H-pyrrole nitrogens is 1. The van der Waals surface area contributed by atoms with E-state index in [2.05, 4.69) is 9.88 Å². The third-order valence-electron chi connectivity index (χ3n) is 5.64. The largest absolute Gasteiger partial charge is 0.504 e. The molecule has 1 fully saturated rings. The number of phenolic OH excluding ortho intramolecular Hbond substituents is 1. The van der Waals surface area contributed by atoms with Gasteiger partial charge in [0.2, 0.25) is 0 Å². The lowest BCUT2D eigenvalue weighted by atomic mass is 9.88. The lowest BCUT2D eigenvalue weighted by Crippen LogP contribution is -2.36. The van der Waals surface area contributed by atoms with Crippen LogP contribution in [0.2, 0.25) is 5.02 Å². The summed E-state index contributed by atoms with van der Waals surface area (Å²) in [7, 11) is 0. The molecule has 27 heavy (non-hydrogen) atoms. The number of rotatable bonds is 3. The lowest BCUT2D eigenvalue weighted by Gasteiger charge is -2.29. The third kappa shape index (κ3) is 3.87. The number of aromatic nitrogens is 2. The highest BCUT2D eigenvalue weighted by atomic mass is 35.5. The van der Waals surface area contributed by atoms with Crippen molar-refractivity contribution in [1.29, 1.82) is 0 Å². The van der Waals surface area contributed by atoms with Gasteiger partial charge in [0, 0.05) is 32.0 Å². The van der Waals surface area contributed by atoms with E-state index in [4.69, 9.17) is 16.6 Å². The van der Waals surface area contributed by atoms with Crippen molar-refractivity contribution >= 4 is 11.6 Å². The minimum atomic E-state index is -0.730. The van der Waals surface area contributed by atoms with Gasteiger partial charge in [0.1, 0.15) is 5.82 Å². The fourth-order valence-electron chi connectivity index (χ4n) is 4.17. The molecule has 0 saturated heterocycles. The molecule has 0 atom stereocenters. The number of aromatic amines is 1. The molecule has 0 spiro atoms. The molecule has 0 bridgehead atoms. The van der Waals surface area contributed by atoms with Crippen molar-refractivity contribution < 1.29 is 9.50 Å². The van der Waals surface area contributed by atoms with E-state index in [9.17, 15) is 14.3 Å². The van der Waals surface area contributed by atoms with Crippen LogP contribution in [0.3, 0.4) is 0 Å². The quantitative estimate of drug-likeness (QED) is 0.833. The number of hydrogen-bond acceptors (Lipinski definition) is 4. The zero-order chi connectivity index (χ0) is 19.0. The molecule has 2 N–H and O–H groups in total. The Balaban J connectivity index is 1.52. The normalized spacial score (nSPS) is 18.4. The topological polar surface area (TPSA) is 69.2 Å². The van der Waals surface area contributed by atoms with E-state index in [0.29, 0.717) is 36.6 Å². The van der Waals surface area contributed by atoms with Crippen LogP contribution in [0.15, 0.2) is 16.9 Å². The molecule has 0 radical (unpaired) electrons. The standard InChI is InChI=1S/C20H23ClFN3O2/c21-15-8-12(9-16(22)18(15)26)10-25-7-6-17-14(11-25)20(27)24-19(23-17)13-4-2-1-3-5-13/h8-9,13,26H,1-7,10-11H2,(H,23,24,27). The number of nitrogens with zero attached hydrogens (tertiary/aromatic N) is 2. The fourth-order valence-corrected chi connectivity index (χ4v) is 4.40. The molecule has 4 rings (SSSR count). The predicted octanol–water partition coefficient (Wildman–Crippen LogP) is 3.87. The van der Waals surface area contributed by atoms with Crippen LogP contribution in [0.25, 0.3) is 0 Å². The van der Waals surface area contributed by atoms with E-state index < -0.39 is 11.6 Å². The summed E-state index contributed by atoms with van der Waals surface area (Å²) >= 11 is 5.86. The van der Waals surface area contributed by atoms with Crippen molar-refractivity contribution in [2.24, 2.45) is 0 Å². The smallest absolute Gasteiger partial charge is 0.255 e. The number of halogens is 2. The molecule has 1 aromatic heterocycles. The van der Waals surface area contributed by atoms with Gasteiger partial charge in [0.05, 0.1) is 16.3 Å². The molecular formula is C20H23ClFN3O2. The Morgan fingerprint density at radius 2 is 2.07 bits per heavy atom. The highest BCUT2D eigenvalue weighted by Crippen LogP contribution is 2.31. The predicted molar refractivity (Wildman–Crippen MR) is 102 cm³/mol. The van der Waals surface area contributed by atoms with Crippen LogP contribution in [-0.4, -0.2) is 26.5 Å². The second-order valence-electron chi connectivity index (χ2n) is 7.58. The highest BCUT2D eigenvalue weighted by molar-refractivity contribution is 6.32. The number of fused-ring (bicyclic) bond motifs is 1. The molecule has 2 aliphatic rings. The number of benzene rings is 1. The van der Waals surface area contributed by atoms with Crippen LogP contribution in [0.4, 0.5) is 4.39 Å². The maximum absolute atomic E-state index is 13.7. The zero-order valence-electron chi connectivity index (χ0n) is 15.1. The Morgan fingerprint density at radius 3 is 2.81 bits per heavy atom. The molecule has 1 saturated carbocycles. The number of hydrogen-bond donors (Lipinski definition) is 2. The van der Waals surface area contributed by atoms with Crippen molar-refractivity contribution in [1.82, 2.24) is 14.9 Å². The van der Waals surface area contributed by atoms with Crippen LogP contribution in [0.5, 0.6) is 5.75 Å². The van der Waals surface area contributed by atoms with Gasteiger partial charge in [-0.3, -0.25) is 9.69 Å². The van der Waals surface area contributed by atoms with Gasteiger partial charge in [0.15, 0.2) is 11.6 Å². The molecule has 144 valence electrons. The van der Waals surface area contributed by atoms with Crippen LogP contribution < -0.4 is 5.56 Å². The summed E-state index contributed by atoms with van der Waals surface area (Å²) in [5.74, 6) is -0.0389. The van der Waals surface area contributed by atoms with Gasteiger partial charge < -0.3 is 10.1 Å². The van der Waals surface area contributed by atoms with Crippen LogP contribution in [0, 0.1) is 5.82 Å². The Labute approximate surface area is 162 Å². The molecule has 0 unspecified atom stereocenters. The maximum atomic E-state index is 13.7. The molecule has 1 aliphatic carbocycles. The molecule has 0 amide bonds. The van der Waals surface area contributed by atoms with Crippen LogP contribution in [0.1, 0.15) is 60.7 Å². The van der Waals surface area contributed by atoms with Crippen LogP contribution in [-0.2, 0) is 19.5 Å². The summed E-state index contributed by atoms with van der Waals surface area (Å²) in [6.45, 7) is 1.68. The monoisotopic (exact) mass is 391 g/mol. The first kappa shape index (κ1) is 18.4. The van der Waals surface area contributed by atoms with Gasteiger partial charge in [-0.05, 0) is 30.5 Å². The Morgan fingerprint density at radius 1 is 1.30 bits per heavy atom. The summed E-state index contributed by atoms with van der Waals surface area (Å²) in [6, 6.07) is 2.84. The van der Waals surface area contributed by atoms with Crippen molar-refractivity contribution in [3.8, 4) is 5.75 Å². The Hall–Kier alpha value is -1.92. The first-order valence-corrected chi connectivity index (χ1v) is 9.90. The first-order chi connectivity index (χ1) is 13.0. The maximum Gasteiger partial charge on any atom is 0.255 e. The highest BCUT2D eigenvalue weighted by Gasteiger charge is 2.24. The average Bonchev–Trinajstić information content (AvgIpc) is 2.67. The minimum Gasteiger partial charge on any atom is -0.504 e. The molecular weight excluding hydrogens is 369 g/mol. The summed E-state index contributed by atoms with van der Waals surface area (Å²) in [6.07, 6.45) is 6.56. The Bertz CT molecular complexity index is 886. The molecule has 2 aromatic rings. The van der Waals surface area contributed by atoms with E-state index in [1.54, 1.807) is 6.07 Å². The molecule has 7 heteroatoms. The third-order valence-corrected chi connectivity index (χ3v) is 5.93. The molecule has 1 aromatic carbocycles. The van der Waals surface area contributed by atoms with Gasteiger partial charge in [-0.15, -0.1) is 0 Å². The SMILES string of the molecule is O=c1[nH]c(C2CCCCC2)nc2c1CN(Cc1cc(F)c(O)c(Cl)c1)CC2. The zero-order valence-corrected chi connectivity index (χ0v) is 15.9. The van der Waals surface area contributed by atoms with E-state index in [-0.39, 0.29) is 10.6 Å². The van der Waals surface area contributed by atoms with E-state index in [0.717, 1.165) is 30.9 Å². The van der Waals surface area contributed by atoms with Crippen molar-refractivity contribution in [2.75, 3.05) is 6.54 Å². The van der Waals surface area contributed by atoms with E-state index in [1.807, 2.05) is 0 Å². The summed E-state index contributed by atoms with van der Waals surface area (Å²) in [4.78, 5) is 22.5. The van der Waals surface area contributed by atoms with Gasteiger partial charge in [-0.25, -0.2) is 9.37 Å². The molecule has 5 nitrogen and oxygen atoms in total. The van der Waals surface area contributed by atoms with Crippen molar-refractivity contribution in [2.45, 2.75) is 57.5 Å². The second-order valence-corrected chi connectivity index (χ2v) is 7.99. The second kappa shape index (κ2) is 7.60. The fraction of sp³-hybridized carbons (Fsp3) is 0.500. The van der Waals surface area contributed by atoms with Gasteiger partial charge in [-0.2, -0.15) is 0 Å². The Kier molecular flexibility index (Phi) is 5.19. The minimum absolute atomic E-state index is 0.000882. The van der Waals surface area contributed by atoms with E-state index >= 15 is 0 Å². The van der Waals surface area contributed by atoms with Crippen LogP contribution >= 0.6 is 11.6 Å². The number of nitrogens with one attached hydrogen (secondary N) is 1. The van der Waals surface area contributed by atoms with Crippen molar-refractivity contribution in [3.63, 3.8) is 0 Å². The van der Waals surface area contributed by atoms with Gasteiger partial charge in [0.25, 0.3) is 5.56 Å². The average molecular weight is 392 g/mol. The molecule has 2 heterocycles. The van der Waals surface area contributed by atoms with Gasteiger partial charge >= 0.3 is 0 Å². The summed E-state index contributed by atoms with van der Waals surface area (Å²) < 4.78 is 13.7.